The van der Waals surface area contributed by atoms with Crippen LogP contribution in [0.5, 0.6) is 5.75 Å². The number of benzene rings is 1. The Balaban J connectivity index is 3.60. The summed E-state index contributed by atoms with van der Waals surface area (Å²) in [5.41, 5.74) is 0.353. The van der Waals surface area contributed by atoms with Crippen LogP contribution in [-0.2, 0) is 0 Å². The first kappa shape index (κ1) is 12.1. The van der Waals surface area contributed by atoms with E-state index in [-0.39, 0.29) is 25.8 Å². The van der Waals surface area contributed by atoms with Crippen molar-refractivity contribution in [2.45, 2.75) is 0 Å². The predicted molar refractivity (Wildman–Crippen MR) is 62.5 cm³/mol. The lowest BCUT2D eigenvalue weighted by atomic mass is 10.2. The van der Waals surface area contributed by atoms with E-state index in [0.717, 1.165) is 0 Å². The number of anilines is 1. The Kier molecular flexibility index (Phi) is 3.64. The summed E-state index contributed by atoms with van der Waals surface area (Å²) >= 11 is 23.2. The van der Waals surface area contributed by atoms with Crippen molar-refractivity contribution < 1.29 is 5.11 Å². The fourth-order valence-corrected chi connectivity index (χ4v) is 2.02. The molecule has 0 saturated carbocycles. The van der Waals surface area contributed by atoms with E-state index in [9.17, 15) is 5.11 Å². The first-order valence-corrected chi connectivity index (χ1v) is 5.11. The molecule has 6 heteroatoms. The average molecular weight is 275 g/mol. The van der Waals surface area contributed by atoms with Crippen molar-refractivity contribution in [1.29, 1.82) is 0 Å². The molecule has 0 unspecified atom stereocenters. The monoisotopic (exact) mass is 273 g/mol. The quantitative estimate of drug-likeness (QED) is 0.616. The average Bonchev–Trinajstić information content (AvgIpc) is 2.11. The van der Waals surface area contributed by atoms with E-state index in [1.807, 2.05) is 0 Å². The molecule has 1 rings (SSSR count). The smallest absolute Gasteiger partial charge is 0.160 e. The SMILES string of the molecule is CN(C)c1c(O)c(Cl)c(Cl)c(Cl)c1Cl. The molecule has 2 nitrogen and oxygen atoms in total. The molecule has 0 aliphatic carbocycles. The van der Waals surface area contributed by atoms with E-state index in [1.54, 1.807) is 19.0 Å². The summed E-state index contributed by atoms with van der Waals surface area (Å²) in [5.74, 6) is -0.170. The van der Waals surface area contributed by atoms with Gasteiger partial charge in [-0.3, -0.25) is 0 Å². The maximum atomic E-state index is 9.65. The molecule has 1 aromatic rings. The van der Waals surface area contributed by atoms with Crippen LogP contribution in [0.4, 0.5) is 5.69 Å². The number of aromatic hydroxyl groups is 1. The second-order valence-corrected chi connectivity index (χ2v) is 4.36. The third-order valence-corrected chi connectivity index (χ3v) is 3.45. The zero-order chi connectivity index (χ0) is 11.0. The fraction of sp³-hybridized carbons (Fsp3) is 0.250. The van der Waals surface area contributed by atoms with E-state index in [2.05, 4.69) is 0 Å². The van der Waals surface area contributed by atoms with Gasteiger partial charge in [0.1, 0.15) is 10.7 Å². The number of halogens is 4. The second-order valence-electron chi connectivity index (χ2n) is 2.85. The largest absolute Gasteiger partial charge is 0.504 e. The first-order chi connectivity index (χ1) is 6.37. The predicted octanol–water partition coefficient (Wildman–Crippen LogP) is 4.07. The standard InChI is InChI=1S/C8H7Cl4NO/c1-13(2)7-5(11)3(9)4(10)6(12)8(7)14/h14H,1-2H3. The van der Waals surface area contributed by atoms with Gasteiger partial charge < -0.3 is 10.0 Å². The molecule has 0 bridgehead atoms. The number of hydrogen-bond acceptors (Lipinski definition) is 2. The Morgan fingerprint density at radius 1 is 0.857 bits per heavy atom. The molecule has 0 amide bonds. The molecule has 0 spiro atoms. The molecule has 0 atom stereocenters. The van der Waals surface area contributed by atoms with Crippen LogP contribution < -0.4 is 4.90 Å². The van der Waals surface area contributed by atoms with Gasteiger partial charge in [0.2, 0.25) is 0 Å². The number of rotatable bonds is 1. The summed E-state index contributed by atoms with van der Waals surface area (Å²) in [6, 6.07) is 0. The molecule has 0 aromatic heterocycles. The third-order valence-electron chi connectivity index (χ3n) is 1.67. The molecule has 0 radical (unpaired) electrons. The summed E-state index contributed by atoms with van der Waals surface area (Å²) in [6.07, 6.45) is 0. The summed E-state index contributed by atoms with van der Waals surface area (Å²) in [4.78, 5) is 1.60. The molecule has 14 heavy (non-hydrogen) atoms. The van der Waals surface area contributed by atoms with Crippen molar-refractivity contribution in [3.63, 3.8) is 0 Å². The minimum Gasteiger partial charge on any atom is -0.504 e. The zero-order valence-electron chi connectivity index (χ0n) is 7.41. The van der Waals surface area contributed by atoms with E-state index < -0.39 is 0 Å². The number of hydrogen-bond donors (Lipinski definition) is 1. The van der Waals surface area contributed by atoms with Crippen molar-refractivity contribution in [2.75, 3.05) is 19.0 Å². The Bertz CT molecular complexity index is 349. The summed E-state index contributed by atoms with van der Waals surface area (Å²) < 4.78 is 0. The number of phenols is 1. The molecule has 1 aromatic carbocycles. The molecular weight excluding hydrogens is 268 g/mol. The highest BCUT2D eigenvalue weighted by Crippen LogP contribution is 2.48. The van der Waals surface area contributed by atoms with Gasteiger partial charge in [0.25, 0.3) is 0 Å². The van der Waals surface area contributed by atoms with Crippen molar-refractivity contribution in [3.8, 4) is 5.75 Å². The van der Waals surface area contributed by atoms with Crippen molar-refractivity contribution in [2.24, 2.45) is 0 Å². The van der Waals surface area contributed by atoms with Gasteiger partial charge >= 0.3 is 0 Å². The van der Waals surface area contributed by atoms with Crippen LogP contribution in [0.1, 0.15) is 0 Å². The molecule has 0 saturated heterocycles. The number of phenolic OH excluding ortho intramolecular Hbond substituents is 1. The Morgan fingerprint density at radius 3 is 1.71 bits per heavy atom. The van der Waals surface area contributed by atoms with E-state index >= 15 is 0 Å². The van der Waals surface area contributed by atoms with E-state index in [0.29, 0.717) is 5.69 Å². The molecule has 0 fully saturated rings. The highest BCUT2D eigenvalue weighted by Gasteiger charge is 2.20. The minimum atomic E-state index is -0.170. The van der Waals surface area contributed by atoms with Crippen LogP contribution in [0.25, 0.3) is 0 Å². The lowest BCUT2D eigenvalue weighted by Gasteiger charge is -2.18. The van der Waals surface area contributed by atoms with Gasteiger partial charge in [-0.15, -0.1) is 0 Å². The Hall–Kier alpha value is -0.0200. The second kappa shape index (κ2) is 4.23. The van der Waals surface area contributed by atoms with Crippen molar-refractivity contribution >= 4 is 52.1 Å². The van der Waals surface area contributed by atoms with Gasteiger partial charge in [0.15, 0.2) is 5.75 Å². The highest BCUT2D eigenvalue weighted by atomic mass is 35.5. The van der Waals surface area contributed by atoms with Gasteiger partial charge in [0.05, 0.1) is 15.1 Å². The van der Waals surface area contributed by atoms with Crippen LogP contribution in [0.15, 0.2) is 0 Å². The van der Waals surface area contributed by atoms with Crippen LogP contribution in [-0.4, -0.2) is 19.2 Å². The van der Waals surface area contributed by atoms with Gasteiger partial charge in [-0.2, -0.15) is 0 Å². The van der Waals surface area contributed by atoms with Gasteiger partial charge in [-0.25, -0.2) is 0 Å². The summed E-state index contributed by atoms with van der Waals surface area (Å²) in [6.45, 7) is 0. The third kappa shape index (κ3) is 1.84. The Labute approximate surface area is 102 Å². The zero-order valence-corrected chi connectivity index (χ0v) is 10.4. The molecular formula is C8H7Cl4NO. The van der Waals surface area contributed by atoms with E-state index in [4.69, 9.17) is 46.4 Å². The van der Waals surface area contributed by atoms with Crippen molar-refractivity contribution in [1.82, 2.24) is 0 Å². The minimum absolute atomic E-state index is 0.00441. The molecule has 0 aliphatic rings. The van der Waals surface area contributed by atoms with Crippen LogP contribution in [0.3, 0.4) is 0 Å². The lowest BCUT2D eigenvalue weighted by molar-refractivity contribution is 0.476. The summed E-state index contributed by atoms with van der Waals surface area (Å²) in [7, 11) is 3.42. The maximum Gasteiger partial charge on any atom is 0.160 e. The molecule has 0 aliphatic heterocycles. The molecule has 1 N–H and O–H groups in total. The highest BCUT2D eigenvalue weighted by molar-refractivity contribution is 6.53. The maximum absolute atomic E-state index is 9.65. The molecule has 78 valence electrons. The van der Waals surface area contributed by atoms with E-state index in [1.165, 1.54) is 0 Å². The van der Waals surface area contributed by atoms with Gasteiger partial charge in [-0.1, -0.05) is 46.4 Å². The van der Waals surface area contributed by atoms with Gasteiger partial charge in [0, 0.05) is 14.1 Å². The summed E-state index contributed by atoms with van der Waals surface area (Å²) in [5, 5.41) is 10.0. The topological polar surface area (TPSA) is 23.5 Å². The van der Waals surface area contributed by atoms with Crippen molar-refractivity contribution in [3.05, 3.63) is 20.1 Å². The first-order valence-electron chi connectivity index (χ1n) is 3.60. The van der Waals surface area contributed by atoms with Crippen LogP contribution in [0.2, 0.25) is 20.1 Å². The fourth-order valence-electron chi connectivity index (χ4n) is 1.02. The van der Waals surface area contributed by atoms with Crippen LogP contribution >= 0.6 is 46.4 Å². The molecule has 0 heterocycles. The lowest BCUT2D eigenvalue weighted by Crippen LogP contribution is -2.10. The Morgan fingerprint density at radius 2 is 1.29 bits per heavy atom. The van der Waals surface area contributed by atoms with Crippen LogP contribution in [0, 0.1) is 0 Å². The van der Waals surface area contributed by atoms with Gasteiger partial charge in [-0.05, 0) is 0 Å². The normalized spacial score (nSPS) is 10.4. The number of nitrogens with zero attached hydrogens (tertiary/aromatic N) is 1.